The highest BCUT2D eigenvalue weighted by Crippen LogP contribution is 2.36. The largest absolute Gasteiger partial charge is 0.478 e. The molecule has 19 heteroatoms. The van der Waals surface area contributed by atoms with E-state index >= 15 is 0 Å². The quantitative estimate of drug-likeness (QED) is 0.176. The molecule has 5 aliphatic rings. The van der Waals surface area contributed by atoms with E-state index in [1.165, 1.54) is 7.05 Å². The van der Waals surface area contributed by atoms with Crippen LogP contribution in [0.2, 0.25) is 5.02 Å². The molecule has 3 N–H and O–H groups in total. The van der Waals surface area contributed by atoms with Crippen molar-refractivity contribution in [1.29, 1.82) is 0 Å². The number of piperidine rings is 1. The number of likely N-dealkylation sites (N-methyl/N-ethyl adjacent to an activating group) is 1. The van der Waals surface area contributed by atoms with Gasteiger partial charge in [0.05, 0.1) is 22.8 Å². The van der Waals surface area contributed by atoms with Crippen LogP contribution < -0.4 is 36.0 Å². The maximum Gasteiger partial charge on any atom is 0.293 e. The number of nitrogens with one attached hydrogen (secondary N) is 3. The molecule has 0 bridgehead atoms. The Labute approximate surface area is 374 Å². The molecule has 0 radical (unpaired) electrons. The second-order valence-corrected chi connectivity index (χ2v) is 17.9. The summed E-state index contributed by atoms with van der Waals surface area (Å²) in [6.07, 6.45) is 4.16. The summed E-state index contributed by atoms with van der Waals surface area (Å²) in [5.41, 5.74) is 2.63. The van der Waals surface area contributed by atoms with Crippen LogP contribution in [0.4, 0.5) is 23.1 Å². The molecule has 0 unspecified atom stereocenters. The molecule has 4 fully saturated rings. The molecule has 64 heavy (non-hydrogen) atoms. The van der Waals surface area contributed by atoms with Gasteiger partial charge in [-0.15, -0.1) is 0 Å². The zero-order valence-corrected chi connectivity index (χ0v) is 36.9. The smallest absolute Gasteiger partial charge is 0.293 e. The lowest BCUT2D eigenvalue weighted by Gasteiger charge is -2.48. The average molecular weight is 894 g/mol. The molecule has 1 atom stereocenters. The van der Waals surface area contributed by atoms with Crippen LogP contribution in [0.1, 0.15) is 66.3 Å². The molecular weight excluding hydrogens is 842 g/mol. The Hall–Kier alpha value is -6.11. The van der Waals surface area contributed by atoms with Crippen molar-refractivity contribution < 1.29 is 28.7 Å². The predicted molar refractivity (Wildman–Crippen MR) is 241 cm³/mol. The van der Waals surface area contributed by atoms with Gasteiger partial charge in [0.25, 0.3) is 23.3 Å². The monoisotopic (exact) mass is 893 g/mol. The highest BCUT2D eigenvalue weighted by Gasteiger charge is 2.45. The van der Waals surface area contributed by atoms with Gasteiger partial charge in [-0.3, -0.25) is 48.8 Å². The summed E-state index contributed by atoms with van der Waals surface area (Å²) in [7, 11) is 1.51. The molecule has 2 aromatic carbocycles. The van der Waals surface area contributed by atoms with E-state index in [-0.39, 0.29) is 42.7 Å². The van der Waals surface area contributed by atoms with Crippen molar-refractivity contribution in [2.45, 2.75) is 57.7 Å². The van der Waals surface area contributed by atoms with E-state index in [0.29, 0.717) is 45.6 Å². The van der Waals surface area contributed by atoms with Gasteiger partial charge >= 0.3 is 0 Å². The van der Waals surface area contributed by atoms with Crippen molar-refractivity contribution in [3.8, 4) is 5.75 Å². The number of halogens is 1. The number of piperazine rings is 2. The molecule has 4 aromatic rings. The van der Waals surface area contributed by atoms with Crippen molar-refractivity contribution in [2.75, 3.05) is 87.7 Å². The molecule has 1 saturated carbocycles. The summed E-state index contributed by atoms with van der Waals surface area (Å²) < 4.78 is 7.27. The van der Waals surface area contributed by atoms with E-state index in [1.54, 1.807) is 29.0 Å². The molecule has 18 nitrogen and oxygen atoms in total. The molecule has 6 heterocycles. The number of rotatable bonds is 12. The van der Waals surface area contributed by atoms with Gasteiger partial charge in [-0.1, -0.05) is 11.6 Å². The highest BCUT2D eigenvalue weighted by molar-refractivity contribution is 6.33. The number of ether oxygens (including phenoxy) is 1. The predicted octanol–water partition coefficient (Wildman–Crippen LogP) is 3.02. The van der Waals surface area contributed by atoms with E-state index in [1.807, 2.05) is 38.1 Å². The Morgan fingerprint density at radius 3 is 2.36 bits per heavy atom. The lowest BCUT2D eigenvalue weighted by Crippen LogP contribution is -2.56. The number of carbonyl (C=O) groups is 5. The van der Waals surface area contributed by atoms with Gasteiger partial charge in [-0.05, 0) is 81.5 Å². The van der Waals surface area contributed by atoms with Crippen molar-refractivity contribution in [1.82, 2.24) is 39.9 Å². The first-order chi connectivity index (χ1) is 30.8. The van der Waals surface area contributed by atoms with E-state index in [0.717, 1.165) is 93.2 Å². The van der Waals surface area contributed by atoms with Gasteiger partial charge in [0.2, 0.25) is 17.8 Å². The molecule has 336 valence electrons. The molecule has 0 spiro atoms. The second kappa shape index (κ2) is 17.8. The summed E-state index contributed by atoms with van der Waals surface area (Å²) in [5.74, 6) is -0.507. The first kappa shape index (κ1) is 43.2. The zero-order valence-electron chi connectivity index (χ0n) is 36.1. The number of benzene rings is 2. The van der Waals surface area contributed by atoms with Gasteiger partial charge in [0.15, 0.2) is 18.2 Å². The number of imide groups is 2. The third-order valence-electron chi connectivity index (χ3n) is 13.2. The molecule has 2 aromatic heterocycles. The molecule has 5 amide bonds. The number of anilines is 4. The van der Waals surface area contributed by atoms with Crippen LogP contribution in [0.3, 0.4) is 0 Å². The number of aromatic nitrogens is 3. The Morgan fingerprint density at radius 2 is 1.64 bits per heavy atom. The number of hydrogen-bond acceptors (Lipinski definition) is 14. The minimum absolute atomic E-state index is 0.0892. The van der Waals surface area contributed by atoms with Crippen LogP contribution in [0.15, 0.2) is 53.5 Å². The maximum atomic E-state index is 13.4. The van der Waals surface area contributed by atoms with E-state index in [9.17, 15) is 28.8 Å². The second-order valence-electron chi connectivity index (χ2n) is 17.5. The Kier molecular flexibility index (Phi) is 12.0. The van der Waals surface area contributed by atoms with E-state index in [2.05, 4.69) is 40.5 Å². The van der Waals surface area contributed by atoms with Crippen molar-refractivity contribution >= 4 is 75.2 Å². The van der Waals surface area contributed by atoms with Gasteiger partial charge in [-0.2, -0.15) is 4.98 Å². The van der Waals surface area contributed by atoms with Gasteiger partial charge in [-0.25, -0.2) is 4.98 Å². The van der Waals surface area contributed by atoms with Crippen LogP contribution >= 0.6 is 11.6 Å². The van der Waals surface area contributed by atoms with E-state index < -0.39 is 29.7 Å². The zero-order chi connectivity index (χ0) is 44.8. The van der Waals surface area contributed by atoms with Crippen LogP contribution in [0, 0.1) is 5.92 Å². The van der Waals surface area contributed by atoms with Crippen LogP contribution in [0.5, 0.6) is 5.75 Å². The number of pyridine rings is 1. The summed E-state index contributed by atoms with van der Waals surface area (Å²) >= 11 is 6.60. The summed E-state index contributed by atoms with van der Waals surface area (Å²) in [6.45, 7) is 11.5. The molecular formula is C45H52ClN11O7. The third kappa shape index (κ3) is 8.48. The van der Waals surface area contributed by atoms with E-state index in [4.69, 9.17) is 21.3 Å². The van der Waals surface area contributed by atoms with Gasteiger partial charge < -0.3 is 29.7 Å². The van der Waals surface area contributed by atoms with Crippen molar-refractivity contribution in [3.63, 3.8) is 0 Å². The van der Waals surface area contributed by atoms with Crippen molar-refractivity contribution in [2.24, 2.45) is 5.92 Å². The summed E-state index contributed by atoms with van der Waals surface area (Å²) in [4.78, 5) is 95.7. The van der Waals surface area contributed by atoms with Gasteiger partial charge in [0, 0.05) is 101 Å². The first-order valence-corrected chi connectivity index (χ1v) is 22.4. The highest BCUT2D eigenvalue weighted by atomic mass is 35.5. The SMILES string of the molecule is CNC(=O)COc1cc2cc(Nc3nc(N4CCN(CC5CC(N6CCN(c7ccc8c(c7)C(=O)N([C@@H]7CCC(=O)NC7=O)C8=O)CC6)C5)CC4)ncc3Cl)ccc2n(C(C)C)c1=O. The van der Waals surface area contributed by atoms with Crippen LogP contribution in [0.25, 0.3) is 10.9 Å². The average Bonchev–Trinajstić information content (AvgIpc) is 3.52. The normalized spacial score (nSPS) is 21.9. The maximum absolute atomic E-state index is 13.4. The minimum atomic E-state index is -0.976. The third-order valence-corrected chi connectivity index (χ3v) is 13.4. The topological polar surface area (TPSA) is 195 Å². The fraction of sp³-hybridized carbons (Fsp3) is 0.467. The molecule has 1 aliphatic carbocycles. The van der Waals surface area contributed by atoms with Crippen LogP contribution in [-0.2, 0) is 14.4 Å². The minimum Gasteiger partial charge on any atom is -0.478 e. The fourth-order valence-corrected chi connectivity index (χ4v) is 9.75. The Bertz CT molecular complexity index is 2580. The Balaban J connectivity index is 0.745. The number of nitrogens with zero attached hydrogens (tertiary/aromatic N) is 8. The molecule has 3 saturated heterocycles. The standard InChI is InChI=1S/C45H52ClN11O7/c1-26(2)56-35-7-4-29(20-28(35)21-37(44(56)63)64-25-39(59)47-3)49-40-34(46)23-48-45(51-40)55-12-10-52(11-13-55)24-27-18-31(19-27)54-16-14-53(15-17-54)30-5-6-32-33(22-30)43(62)57(42(32)61)36-8-9-38(58)50-41(36)60/h4-7,20-23,26-27,31,36H,8-19,24-25H2,1-3H3,(H,47,59)(H,48,49,51)(H,50,58,60)/t27?,31?,36-/m1/s1. The summed E-state index contributed by atoms with van der Waals surface area (Å²) in [5, 5.41) is 9.22. The Morgan fingerprint density at radius 1 is 0.906 bits per heavy atom. The number of fused-ring (bicyclic) bond motifs is 2. The lowest BCUT2D eigenvalue weighted by atomic mass is 9.78. The fourth-order valence-electron chi connectivity index (χ4n) is 9.61. The first-order valence-electron chi connectivity index (χ1n) is 22.0. The number of hydrogen-bond donors (Lipinski definition) is 3. The number of carbonyl (C=O) groups excluding carboxylic acids is 5. The van der Waals surface area contributed by atoms with Gasteiger partial charge in [0.1, 0.15) is 11.1 Å². The molecule has 9 rings (SSSR count). The number of amides is 5. The molecule has 4 aliphatic heterocycles. The lowest BCUT2D eigenvalue weighted by molar-refractivity contribution is -0.136. The summed E-state index contributed by atoms with van der Waals surface area (Å²) in [6, 6.07) is 12.1. The van der Waals surface area contributed by atoms with Crippen LogP contribution in [-0.4, -0.2) is 143 Å². The van der Waals surface area contributed by atoms with Crippen molar-refractivity contribution in [3.05, 3.63) is 75.2 Å².